The van der Waals surface area contributed by atoms with Crippen molar-refractivity contribution < 1.29 is 13.5 Å². The van der Waals surface area contributed by atoms with E-state index in [4.69, 9.17) is 0 Å². The van der Waals surface area contributed by atoms with Crippen molar-refractivity contribution in [1.29, 1.82) is 0 Å². The first-order valence-corrected chi connectivity index (χ1v) is 2.18. The second-order valence-corrected chi connectivity index (χ2v) is 1.06. The van der Waals surface area contributed by atoms with Crippen LogP contribution < -0.4 is 0 Å². The molecular weight excluding hydrogens is 114 g/mol. The zero-order valence-electron chi connectivity index (χ0n) is 4.53. The summed E-state index contributed by atoms with van der Waals surface area (Å²) in [6, 6.07) is 0. The van der Waals surface area contributed by atoms with Gasteiger partial charge in [-0.15, -0.1) is 0 Å². The molecule has 0 amide bonds. The zero-order valence-corrected chi connectivity index (χ0v) is 4.53. The highest BCUT2D eigenvalue weighted by Gasteiger charge is 1.84. The first kappa shape index (κ1) is 7.56. The SMILES string of the molecule is C[CH]OCC=C(F)F. The van der Waals surface area contributed by atoms with Crippen molar-refractivity contribution in [3.8, 4) is 0 Å². The number of ether oxygens (including phenoxy) is 1. The summed E-state index contributed by atoms with van der Waals surface area (Å²) in [5, 5.41) is 0. The maximum atomic E-state index is 11.1. The molecule has 0 aliphatic heterocycles. The molecule has 47 valence electrons. The van der Waals surface area contributed by atoms with Crippen LogP contribution in [0.4, 0.5) is 8.78 Å². The quantitative estimate of drug-likeness (QED) is 0.518. The van der Waals surface area contributed by atoms with Crippen LogP contribution in [-0.2, 0) is 4.74 Å². The minimum absolute atomic E-state index is 0.0428. The standard InChI is InChI=1S/C5H7F2O/c1-2-8-4-3-5(6)7/h2-3H,4H2,1H3. The maximum Gasteiger partial charge on any atom is 0.268 e. The van der Waals surface area contributed by atoms with Gasteiger partial charge in [-0.05, 0) is 6.92 Å². The molecule has 0 N–H and O–H groups in total. The highest BCUT2D eigenvalue weighted by Crippen LogP contribution is 1.95. The highest BCUT2D eigenvalue weighted by molar-refractivity contribution is 4.79. The second kappa shape index (κ2) is 4.71. The molecule has 0 unspecified atom stereocenters. The molecule has 0 saturated carbocycles. The number of hydrogen-bond donors (Lipinski definition) is 0. The van der Waals surface area contributed by atoms with Gasteiger partial charge in [0.2, 0.25) is 0 Å². The first-order valence-electron chi connectivity index (χ1n) is 2.18. The molecular formula is C5H7F2O. The van der Waals surface area contributed by atoms with Gasteiger partial charge < -0.3 is 4.74 Å². The summed E-state index contributed by atoms with van der Waals surface area (Å²) in [5.41, 5.74) is 0. The molecule has 0 atom stereocenters. The van der Waals surface area contributed by atoms with E-state index < -0.39 is 6.08 Å². The van der Waals surface area contributed by atoms with Crippen molar-refractivity contribution in [1.82, 2.24) is 0 Å². The van der Waals surface area contributed by atoms with Crippen LogP contribution in [0.1, 0.15) is 6.92 Å². The maximum absolute atomic E-state index is 11.1. The Morgan fingerprint density at radius 1 is 1.62 bits per heavy atom. The van der Waals surface area contributed by atoms with Crippen molar-refractivity contribution in [2.75, 3.05) is 6.61 Å². The molecule has 1 nitrogen and oxygen atoms in total. The number of halogens is 2. The Morgan fingerprint density at radius 2 is 2.25 bits per heavy atom. The Balaban J connectivity index is 3.03. The average molecular weight is 121 g/mol. The largest absolute Gasteiger partial charge is 0.372 e. The lowest BCUT2D eigenvalue weighted by atomic mass is 10.7. The predicted octanol–water partition coefficient (Wildman–Crippen LogP) is 1.97. The van der Waals surface area contributed by atoms with Gasteiger partial charge in [-0.2, -0.15) is 8.78 Å². The van der Waals surface area contributed by atoms with Gasteiger partial charge in [0.25, 0.3) is 6.08 Å². The van der Waals surface area contributed by atoms with Gasteiger partial charge in [-0.1, -0.05) is 0 Å². The van der Waals surface area contributed by atoms with E-state index in [0.717, 1.165) is 0 Å². The van der Waals surface area contributed by atoms with Gasteiger partial charge in [0.05, 0.1) is 13.2 Å². The van der Waals surface area contributed by atoms with Crippen LogP contribution in [0.25, 0.3) is 0 Å². The summed E-state index contributed by atoms with van der Waals surface area (Å²) < 4.78 is 26.7. The van der Waals surface area contributed by atoms with Gasteiger partial charge in [0.15, 0.2) is 0 Å². The fourth-order valence-corrected chi connectivity index (χ4v) is 0.207. The molecule has 0 fully saturated rings. The van der Waals surface area contributed by atoms with E-state index in [1.807, 2.05) is 0 Å². The zero-order chi connectivity index (χ0) is 6.41. The van der Waals surface area contributed by atoms with Crippen molar-refractivity contribution in [2.45, 2.75) is 6.92 Å². The molecule has 8 heavy (non-hydrogen) atoms. The lowest BCUT2D eigenvalue weighted by Crippen LogP contribution is -1.82. The predicted molar refractivity (Wildman–Crippen MR) is 26.2 cm³/mol. The second-order valence-electron chi connectivity index (χ2n) is 1.06. The van der Waals surface area contributed by atoms with Crippen molar-refractivity contribution in [3.05, 3.63) is 18.8 Å². The molecule has 0 aromatic rings. The molecule has 3 heteroatoms. The number of hydrogen-bond acceptors (Lipinski definition) is 1. The van der Waals surface area contributed by atoms with Gasteiger partial charge >= 0.3 is 0 Å². The van der Waals surface area contributed by atoms with Gasteiger partial charge in [-0.3, -0.25) is 0 Å². The van der Waals surface area contributed by atoms with Crippen LogP contribution in [-0.4, -0.2) is 6.61 Å². The molecule has 1 radical (unpaired) electrons. The van der Waals surface area contributed by atoms with Crippen LogP contribution in [0.3, 0.4) is 0 Å². The summed E-state index contributed by atoms with van der Waals surface area (Å²) >= 11 is 0. The van der Waals surface area contributed by atoms with E-state index in [9.17, 15) is 8.78 Å². The van der Waals surface area contributed by atoms with Gasteiger partial charge in [0.1, 0.15) is 0 Å². The lowest BCUT2D eigenvalue weighted by molar-refractivity contribution is 0.234. The first-order chi connectivity index (χ1) is 3.77. The topological polar surface area (TPSA) is 9.23 Å². The van der Waals surface area contributed by atoms with E-state index in [-0.39, 0.29) is 6.61 Å². The molecule has 0 spiro atoms. The van der Waals surface area contributed by atoms with Crippen LogP contribution in [0.15, 0.2) is 12.2 Å². The Morgan fingerprint density at radius 3 is 2.62 bits per heavy atom. The molecule has 0 rings (SSSR count). The minimum atomic E-state index is -1.70. The molecule has 0 aliphatic carbocycles. The molecule has 0 aliphatic rings. The smallest absolute Gasteiger partial charge is 0.268 e. The monoisotopic (exact) mass is 121 g/mol. The summed E-state index contributed by atoms with van der Waals surface area (Å²) in [7, 11) is 0. The number of rotatable bonds is 3. The molecule has 0 aromatic heterocycles. The minimum Gasteiger partial charge on any atom is -0.372 e. The van der Waals surface area contributed by atoms with E-state index in [1.165, 1.54) is 6.61 Å². The summed E-state index contributed by atoms with van der Waals surface area (Å²) in [6.45, 7) is 2.95. The molecule has 0 saturated heterocycles. The fourth-order valence-electron chi connectivity index (χ4n) is 0.207. The van der Waals surface area contributed by atoms with Crippen LogP contribution in [0.2, 0.25) is 0 Å². The van der Waals surface area contributed by atoms with Crippen molar-refractivity contribution in [2.24, 2.45) is 0 Å². The van der Waals surface area contributed by atoms with Gasteiger partial charge in [0, 0.05) is 6.08 Å². The Bertz CT molecular complexity index is 76.5. The van der Waals surface area contributed by atoms with E-state index in [1.54, 1.807) is 6.92 Å². The van der Waals surface area contributed by atoms with E-state index in [0.29, 0.717) is 6.08 Å². The lowest BCUT2D eigenvalue weighted by Gasteiger charge is -1.88. The average Bonchev–Trinajstić information content (AvgIpc) is 1.66. The third-order valence-corrected chi connectivity index (χ3v) is 0.501. The summed E-state index contributed by atoms with van der Waals surface area (Å²) in [5.74, 6) is 0. The Hall–Kier alpha value is -0.440. The molecule has 0 aromatic carbocycles. The third-order valence-electron chi connectivity index (χ3n) is 0.501. The van der Waals surface area contributed by atoms with Crippen LogP contribution in [0, 0.1) is 6.61 Å². The van der Waals surface area contributed by atoms with Crippen molar-refractivity contribution in [3.63, 3.8) is 0 Å². The summed E-state index contributed by atoms with van der Waals surface area (Å²) in [6.07, 6.45) is -0.994. The third kappa shape index (κ3) is 5.56. The fraction of sp³-hybridized carbons (Fsp3) is 0.400. The van der Waals surface area contributed by atoms with E-state index in [2.05, 4.69) is 4.74 Å². The van der Waals surface area contributed by atoms with Gasteiger partial charge in [-0.25, -0.2) is 0 Å². The summed E-state index contributed by atoms with van der Waals surface area (Å²) in [4.78, 5) is 0. The van der Waals surface area contributed by atoms with Crippen LogP contribution >= 0.6 is 0 Å². The van der Waals surface area contributed by atoms with Crippen LogP contribution in [0.5, 0.6) is 0 Å². The Labute approximate surface area is 47.0 Å². The Kier molecular flexibility index (Phi) is 4.45. The van der Waals surface area contributed by atoms with Crippen molar-refractivity contribution >= 4 is 0 Å². The van der Waals surface area contributed by atoms with E-state index >= 15 is 0 Å². The normalized spacial score (nSPS) is 8.88. The molecule has 0 bridgehead atoms. The highest BCUT2D eigenvalue weighted by atomic mass is 19.3. The molecule has 0 heterocycles.